The van der Waals surface area contributed by atoms with Gasteiger partial charge in [0, 0.05) is 18.0 Å². The second-order valence-electron chi connectivity index (χ2n) is 8.64. The van der Waals surface area contributed by atoms with Gasteiger partial charge >= 0.3 is 5.97 Å². The van der Waals surface area contributed by atoms with E-state index >= 15 is 0 Å². The summed E-state index contributed by atoms with van der Waals surface area (Å²) >= 11 is 0. The van der Waals surface area contributed by atoms with Crippen molar-refractivity contribution in [1.29, 1.82) is 0 Å². The lowest BCUT2D eigenvalue weighted by Gasteiger charge is -2.43. The molecule has 0 unspecified atom stereocenters. The molecule has 3 aromatic rings. The maximum atomic E-state index is 14.3. The first kappa shape index (κ1) is 21.9. The van der Waals surface area contributed by atoms with E-state index in [0.717, 1.165) is 6.20 Å². The molecular formula is C25H21F2N3O4. The Morgan fingerprint density at radius 1 is 1.09 bits per heavy atom. The minimum atomic E-state index is -1.24. The summed E-state index contributed by atoms with van der Waals surface area (Å²) in [7, 11) is 0. The van der Waals surface area contributed by atoms with Crippen molar-refractivity contribution in [3.63, 3.8) is 0 Å². The Hall–Kier alpha value is -3.88. The maximum absolute atomic E-state index is 14.3. The van der Waals surface area contributed by atoms with E-state index in [1.54, 1.807) is 29.2 Å². The van der Waals surface area contributed by atoms with Gasteiger partial charge in [0.15, 0.2) is 0 Å². The van der Waals surface area contributed by atoms with Crippen LogP contribution >= 0.6 is 0 Å². The summed E-state index contributed by atoms with van der Waals surface area (Å²) in [4.78, 5) is 39.1. The van der Waals surface area contributed by atoms with E-state index in [9.17, 15) is 28.3 Å². The topological polar surface area (TPSA) is 92.5 Å². The third-order valence-electron chi connectivity index (χ3n) is 6.64. The molecule has 2 atom stereocenters. The lowest BCUT2D eigenvalue weighted by atomic mass is 9.79. The number of rotatable bonds is 5. The van der Waals surface area contributed by atoms with Crippen molar-refractivity contribution < 1.29 is 23.5 Å². The zero-order valence-corrected chi connectivity index (χ0v) is 18.0. The lowest BCUT2D eigenvalue weighted by Crippen LogP contribution is -2.51. The van der Waals surface area contributed by atoms with Crippen LogP contribution in [-0.4, -0.2) is 44.3 Å². The molecule has 2 aliphatic rings. The molecule has 9 heteroatoms. The molecule has 0 saturated carbocycles. The first-order valence-corrected chi connectivity index (χ1v) is 11.0. The number of hydrogen-bond donors (Lipinski definition) is 1. The van der Waals surface area contributed by atoms with Gasteiger partial charge in [-0.05, 0) is 48.2 Å². The van der Waals surface area contributed by atoms with Crippen molar-refractivity contribution in [1.82, 2.24) is 14.7 Å². The number of nitrogens with zero attached hydrogens (tertiary/aromatic N) is 3. The van der Waals surface area contributed by atoms with Crippen LogP contribution in [0.5, 0.6) is 0 Å². The zero-order chi connectivity index (χ0) is 24.0. The highest BCUT2D eigenvalue weighted by Crippen LogP contribution is 2.45. The number of halogens is 2. The monoisotopic (exact) mass is 465 g/mol. The minimum absolute atomic E-state index is 0.0733. The van der Waals surface area contributed by atoms with Gasteiger partial charge in [0.1, 0.15) is 17.3 Å². The predicted octanol–water partition coefficient (Wildman–Crippen LogP) is 3.14. The van der Waals surface area contributed by atoms with Crippen molar-refractivity contribution in [2.45, 2.75) is 37.3 Å². The Kier molecular flexibility index (Phi) is 5.47. The van der Waals surface area contributed by atoms with Crippen LogP contribution in [-0.2, 0) is 11.2 Å². The van der Waals surface area contributed by atoms with Crippen molar-refractivity contribution >= 4 is 11.9 Å². The molecule has 1 fully saturated rings. The molecule has 0 aliphatic carbocycles. The van der Waals surface area contributed by atoms with Gasteiger partial charge in [0.05, 0.1) is 24.7 Å². The highest BCUT2D eigenvalue weighted by Gasteiger charge is 2.48. The average molecular weight is 465 g/mol. The first-order chi connectivity index (χ1) is 16.3. The molecule has 5 rings (SSSR count). The lowest BCUT2D eigenvalue weighted by molar-refractivity contribution is -0.136. The van der Waals surface area contributed by atoms with E-state index in [0.29, 0.717) is 30.5 Å². The fraction of sp³-hybridized carbons (Fsp3) is 0.280. The van der Waals surface area contributed by atoms with Crippen molar-refractivity contribution in [2.24, 2.45) is 0 Å². The third kappa shape index (κ3) is 3.67. The van der Waals surface area contributed by atoms with Crippen LogP contribution in [0.25, 0.3) is 0 Å². The summed E-state index contributed by atoms with van der Waals surface area (Å²) in [6, 6.07) is 11.0. The van der Waals surface area contributed by atoms with E-state index in [4.69, 9.17) is 0 Å². The fourth-order valence-electron chi connectivity index (χ4n) is 5.33. The predicted molar refractivity (Wildman–Crippen MR) is 118 cm³/mol. The number of amides is 1. The number of carboxylic acid groups (broad SMARTS) is 1. The smallest absolute Gasteiger partial charge is 0.308 e. The summed E-state index contributed by atoms with van der Waals surface area (Å²) in [6.07, 6.45) is 1.73. The van der Waals surface area contributed by atoms with Crippen LogP contribution in [0.2, 0.25) is 0 Å². The van der Waals surface area contributed by atoms with Crippen molar-refractivity contribution in [3.8, 4) is 0 Å². The Morgan fingerprint density at radius 3 is 2.32 bits per heavy atom. The van der Waals surface area contributed by atoms with Gasteiger partial charge in [-0.2, -0.15) is 5.10 Å². The number of carbonyl (C=O) groups excluding carboxylic acids is 1. The van der Waals surface area contributed by atoms with Crippen molar-refractivity contribution in [3.05, 3.63) is 99.0 Å². The van der Waals surface area contributed by atoms with Crippen molar-refractivity contribution in [2.75, 3.05) is 6.54 Å². The number of carboxylic acids is 1. The number of aromatic nitrogens is 2. The molecule has 0 radical (unpaired) electrons. The third-order valence-corrected chi connectivity index (χ3v) is 6.64. The van der Waals surface area contributed by atoms with E-state index in [1.807, 2.05) is 0 Å². The number of carbonyl (C=O) groups is 2. The molecule has 174 valence electrons. The standard InChI is InChI=1S/C25H21F2N3O4/c26-16-6-1-4-14(10-16)22(15-5-2-7-17(27)11-15)24-19-8-3-9-29(19)25(34)23-18(12-21(32)33)20(31)13-28-30(23)24/h1-2,4-7,10-11,13,19,22,24H,3,8-9,12H2,(H,32,33)/t19-,24-/m1/s1. The normalized spacial score (nSPS) is 19.3. The Morgan fingerprint density at radius 2 is 1.74 bits per heavy atom. The van der Waals surface area contributed by atoms with Gasteiger partial charge in [0.2, 0.25) is 5.43 Å². The minimum Gasteiger partial charge on any atom is -0.481 e. The Labute approximate surface area is 193 Å². The number of hydrogen-bond acceptors (Lipinski definition) is 4. The van der Waals surface area contributed by atoms with Crippen LogP contribution < -0.4 is 5.43 Å². The molecule has 2 aliphatic heterocycles. The molecule has 2 aromatic carbocycles. The van der Waals surface area contributed by atoms with Crippen LogP contribution in [0.4, 0.5) is 8.78 Å². The van der Waals surface area contributed by atoms with Gasteiger partial charge in [-0.3, -0.25) is 19.1 Å². The van der Waals surface area contributed by atoms with Gasteiger partial charge < -0.3 is 10.0 Å². The fourth-order valence-corrected chi connectivity index (χ4v) is 5.33. The first-order valence-electron chi connectivity index (χ1n) is 11.0. The Balaban J connectivity index is 1.79. The zero-order valence-electron chi connectivity index (χ0n) is 18.0. The number of aliphatic carboxylic acids is 1. The van der Waals surface area contributed by atoms with Crippen LogP contribution in [0, 0.1) is 11.6 Å². The van der Waals surface area contributed by atoms with Gasteiger partial charge in [0.25, 0.3) is 5.91 Å². The van der Waals surface area contributed by atoms with Crippen LogP contribution in [0.1, 0.15) is 52.0 Å². The van der Waals surface area contributed by atoms with Crippen LogP contribution in [0.3, 0.4) is 0 Å². The summed E-state index contributed by atoms with van der Waals surface area (Å²) in [5.74, 6) is -3.23. The molecule has 1 amide bonds. The number of benzene rings is 2. The molecule has 3 heterocycles. The molecule has 1 saturated heterocycles. The summed E-state index contributed by atoms with van der Waals surface area (Å²) in [5.41, 5.74) is 0.272. The quantitative estimate of drug-likeness (QED) is 0.625. The molecule has 1 N–H and O–H groups in total. The van der Waals surface area contributed by atoms with E-state index in [-0.39, 0.29) is 17.3 Å². The molecule has 0 bridgehead atoms. The molecule has 1 aromatic heterocycles. The maximum Gasteiger partial charge on any atom is 0.308 e. The highest BCUT2D eigenvalue weighted by molar-refractivity contribution is 5.96. The second-order valence-corrected chi connectivity index (χ2v) is 8.64. The SMILES string of the molecule is O=C(O)Cc1c2n(ncc1=O)[C@@H](C(c1cccc(F)c1)c1cccc(F)c1)[C@H]1CCCN1C2=O. The average Bonchev–Trinajstić information content (AvgIpc) is 3.28. The summed E-state index contributed by atoms with van der Waals surface area (Å²) in [6.45, 7) is 0.439. The second kappa shape index (κ2) is 8.48. The van der Waals surface area contributed by atoms with E-state index < -0.39 is 47.3 Å². The largest absolute Gasteiger partial charge is 0.481 e. The number of fused-ring (bicyclic) bond motifs is 2. The van der Waals surface area contributed by atoms with Gasteiger partial charge in [-0.15, -0.1) is 0 Å². The summed E-state index contributed by atoms with van der Waals surface area (Å²) in [5, 5.41) is 13.7. The van der Waals surface area contributed by atoms with E-state index in [2.05, 4.69) is 5.10 Å². The van der Waals surface area contributed by atoms with Crippen LogP contribution in [0.15, 0.2) is 59.5 Å². The molecular weight excluding hydrogens is 444 g/mol. The molecule has 34 heavy (non-hydrogen) atoms. The molecule has 0 spiro atoms. The van der Waals surface area contributed by atoms with Gasteiger partial charge in [-0.1, -0.05) is 24.3 Å². The molecule has 7 nitrogen and oxygen atoms in total. The van der Waals surface area contributed by atoms with E-state index in [1.165, 1.54) is 28.9 Å². The van der Waals surface area contributed by atoms with Gasteiger partial charge in [-0.25, -0.2) is 8.78 Å². The summed E-state index contributed by atoms with van der Waals surface area (Å²) < 4.78 is 30.0. The Bertz CT molecular complexity index is 1310. The highest BCUT2D eigenvalue weighted by atomic mass is 19.1.